The third-order valence-corrected chi connectivity index (χ3v) is 4.52. The Morgan fingerprint density at radius 1 is 1.42 bits per heavy atom. The molecule has 1 heterocycles. The van der Waals surface area contributed by atoms with Crippen LogP contribution in [0.2, 0.25) is 0 Å². The first-order chi connectivity index (χ1) is 9.29. The van der Waals surface area contributed by atoms with Gasteiger partial charge in [0.2, 0.25) is 0 Å². The molecule has 0 spiro atoms. The van der Waals surface area contributed by atoms with Crippen molar-refractivity contribution >= 4 is 16.5 Å². The zero-order valence-electron chi connectivity index (χ0n) is 10.8. The number of rotatable bonds is 2. The van der Waals surface area contributed by atoms with Gasteiger partial charge in [-0.05, 0) is 48.8 Å². The molecular weight excluding hydrogens is 254 g/mol. The summed E-state index contributed by atoms with van der Waals surface area (Å²) in [5.41, 5.74) is 4.29. The number of nitriles is 1. The fraction of sp³-hybridized carbons (Fsp3) is 0.333. The summed E-state index contributed by atoms with van der Waals surface area (Å²) in [6.07, 6.45) is 3.45. The molecule has 1 aromatic heterocycles. The molecular formula is C15H15N3S. The lowest BCUT2D eigenvalue weighted by Crippen LogP contribution is -2.17. The van der Waals surface area contributed by atoms with Gasteiger partial charge in [0.05, 0.1) is 11.7 Å². The fourth-order valence-corrected chi connectivity index (χ4v) is 3.46. The number of nitrogens with zero attached hydrogens (tertiary/aromatic N) is 2. The minimum absolute atomic E-state index is 0.303. The van der Waals surface area contributed by atoms with Crippen molar-refractivity contribution in [3.8, 4) is 6.07 Å². The van der Waals surface area contributed by atoms with Crippen LogP contribution < -0.4 is 5.32 Å². The molecule has 1 atom stereocenters. The average molecular weight is 269 g/mol. The van der Waals surface area contributed by atoms with Gasteiger partial charge in [0.25, 0.3) is 0 Å². The second-order valence-electron chi connectivity index (χ2n) is 4.87. The molecule has 19 heavy (non-hydrogen) atoms. The first kappa shape index (κ1) is 12.2. The second-order valence-corrected chi connectivity index (χ2v) is 5.65. The van der Waals surface area contributed by atoms with Gasteiger partial charge >= 0.3 is 0 Å². The van der Waals surface area contributed by atoms with E-state index in [2.05, 4.69) is 40.0 Å². The Morgan fingerprint density at radius 3 is 3.11 bits per heavy atom. The lowest BCUT2D eigenvalue weighted by molar-refractivity contribution is 0.601. The van der Waals surface area contributed by atoms with Crippen LogP contribution in [-0.4, -0.2) is 4.37 Å². The Labute approximate surface area is 117 Å². The van der Waals surface area contributed by atoms with Crippen molar-refractivity contribution in [3.05, 3.63) is 46.6 Å². The van der Waals surface area contributed by atoms with Crippen LogP contribution in [0, 0.1) is 18.3 Å². The minimum Gasteiger partial charge on any atom is -0.368 e. The topological polar surface area (TPSA) is 48.7 Å². The normalized spacial score (nSPS) is 17.6. The summed E-state index contributed by atoms with van der Waals surface area (Å²) in [5, 5.41) is 13.6. The van der Waals surface area contributed by atoms with Crippen molar-refractivity contribution < 1.29 is 0 Å². The highest BCUT2D eigenvalue weighted by atomic mass is 32.1. The number of aryl methyl sites for hydroxylation is 2. The lowest BCUT2D eigenvalue weighted by atomic mass is 9.88. The molecule has 4 heteroatoms. The molecule has 1 unspecified atom stereocenters. The summed E-state index contributed by atoms with van der Waals surface area (Å²) >= 11 is 1.39. The highest BCUT2D eigenvalue weighted by Crippen LogP contribution is 2.35. The van der Waals surface area contributed by atoms with Gasteiger partial charge in [-0.3, -0.25) is 0 Å². The van der Waals surface area contributed by atoms with Crippen molar-refractivity contribution in [1.82, 2.24) is 4.37 Å². The summed E-state index contributed by atoms with van der Waals surface area (Å²) in [6, 6.07) is 11.1. The van der Waals surface area contributed by atoms with Gasteiger partial charge in [0.15, 0.2) is 0 Å². The van der Waals surface area contributed by atoms with Crippen LogP contribution >= 0.6 is 11.5 Å². The Balaban J connectivity index is 1.91. The van der Waals surface area contributed by atoms with E-state index in [1.807, 2.05) is 6.92 Å². The first-order valence-electron chi connectivity index (χ1n) is 6.50. The minimum atomic E-state index is 0.303. The number of hydrogen-bond acceptors (Lipinski definition) is 4. The smallest absolute Gasteiger partial charge is 0.128 e. The molecule has 0 fully saturated rings. The number of fused-ring (bicyclic) bond motifs is 1. The molecule has 1 aliphatic rings. The summed E-state index contributed by atoms with van der Waals surface area (Å²) in [7, 11) is 0. The third-order valence-electron chi connectivity index (χ3n) is 3.65. The maximum atomic E-state index is 9.19. The molecule has 2 aromatic rings. The van der Waals surface area contributed by atoms with E-state index in [4.69, 9.17) is 0 Å². The van der Waals surface area contributed by atoms with Crippen molar-refractivity contribution in [2.75, 3.05) is 5.32 Å². The first-order valence-corrected chi connectivity index (χ1v) is 7.27. The fourth-order valence-electron chi connectivity index (χ4n) is 2.66. The Morgan fingerprint density at radius 2 is 2.26 bits per heavy atom. The van der Waals surface area contributed by atoms with Gasteiger partial charge < -0.3 is 5.32 Å². The van der Waals surface area contributed by atoms with Crippen molar-refractivity contribution in [1.29, 1.82) is 5.26 Å². The van der Waals surface area contributed by atoms with E-state index in [1.54, 1.807) is 0 Å². The van der Waals surface area contributed by atoms with E-state index in [9.17, 15) is 5.26 Å². The number of anilines is 1. The molecule has 1 aliphatic carbocycles. The Hall–Kier alpha value is -1.86. The third kappa shape index (κ3) is 2.22. The predicted octanol–water partition coefficient (Wildman–Crippen LogP) is 3.81. The van der Waals surface area contributed by atoms with Crippen LogP contribution in [0.25, 0.3) is 0 Å². The van der Waals surface area contributed by atoms with E-state index in [0.29, 0.717) is 11.6 Å². The molecule has 3 nitrogen and oxygen atoms in total. The molecule has 0 amide bonds. The van der Waals surface area contributed by atoms with E-state index in [1.165, 1.54) is 29.1 Å². The van der Waals surface area contributed by atoms with Crippen LogP contribution in [0.4, 0.5) is 5.00 Å². The van der Waals surface area contributed by atoms with E-state index in [-0.39, 0.29) is 0 Å². The van der Waals surface area contributed by atoms with Gasteiger partial charge in [-0.2, -0.15) is 9.64 Å². The average Bonchev–Trinajstić information content (AvgIpc) is 2.79. The van der Waals surface area contributed by atoms with Gasteiger partial charge in [-0.15, -0.1) is 0 Å². The molecule has 96 valence electrons. The largest absolute Gasteiger partial charge is 0.368 e. The number of benzene rings is 1. The summed E-state index contributed by atoms with van der Waals surface area (Å²) in [4.78, 5) is 0. The van der Waals surface area contributed by atoms with Crippen LogP contribution in [-0.2, 0) is 6.42 Å². The van der Waals surface area contributed by atoms with Crippen molar-refractivity contribution in [2.24, 2.45) is 0 Å². The number of aromatic nitrogens is 1. The summed E-state index contributed by atoms with van der Waals surface area (Å²) in [6.45, 7) is 1.88. The lowest BCUT2D eigenvalue weighted by Gasteiger charge is -2.26. The molecule has 1 N–H and O–H groups in total. The summed E-state index contributed by atoms with van der Waals surface area (Å²) in [5.74, 6) is 0. The number of nitrogens with one attached hydrogen (secondary N) is 1. The molecule has 0 bridgehead atoms. The van der Waals surface area contributed by atoms with Gasteiger partial charge in [0.1, 0.15) is 16.6 Å². The van der Waals surface area contributed by atoms with Crippen LogP contribution in [0.1, 0.15) is 41.3 Å². The molecule has 3 rings (SSSR count). The summed E-state index contributed by atoms with van der Waals surface area (Å²) < 4.78 is 4.27. The van der Waals surface area contributed by atoms with Crippen LogP contribution in [0.3, 0.4) is 0 Å². The van der Waals surface area contributed by atoms with Crippen molar-refractivity contribution in [2.45, 2.75) is 32.2 Å². The molecule has 1 aromatic carbocycles. The van der Waals surface area contributed by atoms with Crippen LogP contribution in [0.5, 0.6) is 0 Å². The highest BCUT2D eigenvalue weighted by molar-refractivity contribution is 7.10. The van der Waals surface area contributed by atoms with E-state index < -0.39 is 0 Å². The standard InChI is InChI=1S/C15H15N3S/c1-10-13(9-16)15(19-18-10)17-14-8-4-6-11-5-2-3-7-12(11)14/h2-3,5,7,14,17H,4,6,8H2,1H3. The Bertz CT molecular complexity index is 639. The van der Waals surface area contributed by atoms with Gasteiger partial charge in [0, 0.05) is 0 Å². The maximum absolute atomic E-state index is 9.19. The zero-order chi connectivity index (χ0) is 13.2. The molecule has 0 aliphatic heterocycles. The number of hydrogen-bond donors (Lipinski definition) is 1. The van der Waals surface area contributed by atoms with Crippen LogP contribution in [0.15, 0.2) is 24.3 Å². The SMILES string of the molecule is Cc1nsc(NC2CCCc3ccccc32)c1C#N. The molecule has 0 saturated carbocycles. The second kappa shape index (κ2) is 5.02. The molecule has 0 radical (unpaired) electrons. The zero-order valence-corrected chi connectivity index (χ0v) is 11.6. The van der Waals surface area contributed by atoms with Gasteiger partial charge in [-0.1, -0.05) is 24.3 Å². The quantitative estimate of drug-likeness (QED) is 0.901. The van der Waals surface area contributed by atoms with Crippen molar-refractivity contribution in [3.63, 3.8) is 0 Å². The predicted molar refractivity (Wildman–Crippen MR) is 77.3 cm³/mol. The van der Waals surface area contributed by atoms with Gasteiger partial charge in [-0.25, -0.2) is 0 Å². The maximum Gasteiger partial charge on any atom is 0.128 e. The van der Waals surface area contributed by atoms with E-state index in [0.717, 1.165) is 23.5 Å². The Kier molecular flexibility index (Phi) is 3.22. The monoisotopic (exact) mass is 269 g/mol. The van der Waals surface area contributed by atoms with E-state index >= 15 is 0 Å². The highest BCUT2D eigenvalue weighted by Gasteiger charge is 2.21. The molecule has 0 saturated heterocycles.